The minimum absolute atomic E-state index is 0.0771. The van der Waals surface area contributed by atoms with Crippen LogP contribution in [0, 0.1) is 0 Å². The molecular weight excluding hydrogens is 314 g/mol. The predicted molar refractivity (Wildman–Crippen MR) is 99.7 cm³/mol. The number of amides is 1. The van der Waals surface area contributed by atoms with Gasteiger partial charge in [-0.3, -0.25) is 14.7 Å². The van der Waals surface area contributed by atoms with Gasteiger partial charge in [0.1, 0.15) is 0 Å². The number of ether oxygens (including phenoxy) is 1. The van der Waals surface area contributed by atoms with Gasteiger partial charge in [0.15, 0.2) is 0 Å². The highest BCUT2D eigenvalue weighted by molar-refractivity contribution is 6.05. The smallest absolute Gasteiger partial charge is 0.253 e. The molecule has 1 aromatic carbocycles. The summed E-state index contributed by atoms with van der Waals surface area (Å²) in [6.07, 6.45) is 2.14. The molecule has 0 bridgehead atoms. The van der Waals surface area contributed by atoms with Crippen LogP contribution in [0.25, 0.3) is 10.9 Å². The summed E-state index contributed by atoms with van der Waals surface area (Å²) in [6, 6.07) is 9.55. The Labute approximate surface area is 149 Å². The van der Waals surface area contributed by atoms with Gasteiger partial charge in [0.25, 0.3) is 5.91 Å². The third-order valence-electron chi connectivity index (χ3n) is 4.83. The van der Waals surface area contributed by atoms with Crippen LogP contribution in [0.15, 0.2) is 36.5 Å². The molecule has 0 radical (unpaired) electrons. The summed E-state index contributed by atoms with van der Waals surface area (Å²) < 4.78 is 5.82. The highest BCUT2D eigenvalue weighted by Crippen LogP contribution is 2.21. The second-order valence-corrected chi connectivity index (χ2v) is 7.54. The molecule has 2 aromatic rings. The lowest BCUT2D eigenvalue weighted by Crippen LogP contribution is -2.58. The molecule has 1 aromatic heterocycles. The summed E-state index contributed by atoms with van der Waals surface area (Å²) in [5.41, 5.74) is 1.23. The zero-order valence-electron chi connectivity index (χ0n) is 15.5. The van der Waals surface area contributed by atoms with Gasteiger partial charge >= 0.3 is 0 Å². The molecule has 1 fully saturated rings. The molecule has 1 aliphatic rings. The van der Waals surface area contributed by atoms with Crippen molar-refractivity contribution >= 4 is 16.8 Å². The van der Waals surface area contributed by atoms with Crippen LogP contribution in [0.2, 0.25) is 0 Å². The molecule has 1 N–H and O–H groups in total. The molecule has 0 spiro atoms. The number of nitrogens with zero attached hydrogens (tertiary/aromatic N) is 2. The van der Waals surface area contributed by atoms with Gasteiger partial charge in [0.2, 0.25) is 0 Å². The summed E-state index contributed by atoms with van der Waals surface area (Å²) in [7, 11) is 0. The number of benzene rings is 1. The van der Waals surface area contributed by atoms with Crippen molar-refractivity contribution in [2.24, 2.45) is 0 Å². The number of morpholine rings is 1. The Balaban J connectivity index is 1.70. The van der Waals surface area contributed by atoms with E-state index in [1.807, 2.05) is 30.3 Å². The van der Waals surface area contributed by atoms with Crippen LogP contribution in [0.3, 0.4) is 0 Å². The molecule has 1 amide bonds. The number of para-hydroxylation sites is 1. The molecule has 1 saturated heterocycles. The van der Waals surface area contributed by atoms with Gasteiger partial charge in [-0.2, -0.15) is 0 Å². The van der Waals surface area contributed by atoms with Crippen molar-refractivity contribution in [3.8, 4) is 0 Å². The Morgan fingerprint density at radius 2 is 1.92 bits per heavy atom. The fourth-order valence-corrected chi connectivity index (χ4v) is 3.46. The highest BCUT2D eigenvalue weighted by Gasteiger charge is 2.33. The number of rotatable bonds is 4. The summed E-state index contributed by atoms with van der Waals surface area (Å²) in [6.45, 7) is 10.9. The molecular formula is C20H27N3O2. The van der Waals surface area contributed by atoms with E-state index in [9.17, 15) is 4.79 Å². The summed E-state index contributed by atoms with van der Waals surface area (Å²) in [5.74, 6) is -0.0771. The Bertz CT molecular complexity index is 744. The monoisotopic (exact) mass is 341 g/mol. The number of pyridine rings is 1. The van der Waals surface area contributed by atoms with E-state index in [-0.39, 0.29) is 23.7 Å². The van der Waals surface area contributed by atoms with Crippen LogP contribution in [-0.4, -0.2) is 53.2 Å². The van der Waals surface area contributed by atoms with E-state index in [1.54, 1.807) is 6.20 Å². The van der Waals surface area contributed by atoms with E-state index >= 15 is 0 Å². The first-order chi connectivity index (χ1) is 11.9. The van der Waals surface area contributed by atoms with Crippen molar-refractivity contribution in [1.82, 2.24) is 15.2 Å². The lowest BCUT2D eigenvalue weighted by atomic mass is 9.99. The van der Waals surface area contributed by atoms with Crippen molar-refractivity contribution in [1.29, 1.82) is 0 Å². The summed E-state index contributed by atoms with van der Waals surface area (Å²) >= 11 is 0. The van der Waals surface area contributed by atoms with E-state index in [0.29, 0.717) is 12.1 Å². The largest absolute Gasteiger partial charge is 0.373 e. The van der Waals surface area contributed by atoms with Crippen molar-refractivity contribution in [3.63, 3.8) is 0 Å². The van der Waals surface area contributed by atoms with Gasteiger partial charge in [-0.25, -0.2) is 0 Å². The minimum Gasteiger partial charge on any atom is -0.373 e. The Morgan fingerprint density at radius 3 is 2.64 bits per heavy atom. The third-order valence-corrected chi connectivity index (χ3v) is 4.83. The lowest BCUT2D eigenvalue weighted by Gasteiger charge is -2.45. The maximum absolute atomic E-state index is 12.7. The van der Waals surface area contributed by atoms with Crippen LogP contribution in [-0.2, 0) is 4.74 Å². The van der Waals surface area contributed by atoms with Crippen LogP contribution in [0.1, 0.15) is 38.1 Å². The Hall–Kier alpha value is -1.98. The first-order valence-electron chi connectivity index (χ1n) is 8.89. The van der Waals surface area contributed by atoms with Gasteiger partial charge < -0.3 is 10.1 Å². The van der Waals surface area contributed by atoms with Crippen LogP contribution in [0.4, 0.5) is 0 Å². The van der Waals surface area contributed by atoms with E-state index in [4.69, 9.17) is 4.74 Å². The maximum atomic E-state index is 12.7. The van der Waals surface area contributed by atoms with Crippen molar-refractivity contribution in [2.75, 3.05) is 19.6 Å². The number of carbonyl (C=O) groups is 1. The molecule has 5 nitrogen and oxygen atoms in total. The van der Waals surface area contributed by atoms with Crippen LogP contribution in [0.5, 0.6) is 0 Å². The van der Waals surface area contributed by atoms with E-state index in [1.165, 1.54) is 0 Å². The van der Waals surface area contributed by atoms with E-state index < -0.39 is 0 Å². The topological polar surface area (TPSA) is 54.5 Å². The molecule has 0 unspecified atom stereocenters. The van der Waals surface area contributed by atoms with Gasteiger partial charge in [-0.1, -0.05) is 18.2 Å². The molecule has 0 aliphatic carbocycles. The average Bonchev–Trinajstić information content (AvgIpc) is 2.58. The minimum atomic E-state index is -0.139. The number of aromatic nitrogens is 1. The summed E-state index contributed by atoms with van der Waals surface area (Å²) in [4.78, 5) is 19.5. The maximum Gasteiger partial charge on any atom is 0.253 e. The molecule has 5 heteroatoms. The van der Waals surface area contributed by atoms with E-state index in [0.717, 1.165) is 24.0 Å². The normalized spacial score (nSPS) is 22.1. The fraction of sp³-hybridized carbons (Fsp3) is 0.500. The second-order valence-electron chi connectivity index (χ2n) is 7.54. The van der Waals surface area contributed by atoms with Crippen molar-refractivity contribution in [2.45, 2.75) is 45.4 Å². The molecule has 2 heterocycles. The number of fused-ring (bicyclic) bond motifs is 1. The summed E-state index contributed by atoms with van der Waals surface area (Å²) in [5, 5.41) is 4.07. The molecule has 25 heavy (non-hydrogen) atoms. The molecule has 0 saturated carbocycles. The number of hydrogen-bond acceptors (Lipinski definition) is 4. The third kappa shape index (κ3) is 3.99. The van der Waals surface area contributed by atoms with Gasteiger partial charge in [0.05, 0.1) is 23.3 Å². The average molecular weight is 341 g/mol. The fourth-order valence-electron chi connectivity index (χ4n) is 3.46. The number of hydrogen-bond donors (Lipinski definition) is 1. The first kappa shape index (κ1) is 17.8. The molecule has 134 valence electrons. The number of nitrogens with one attached hydrogen (secondary N) is 1. The Morgan fingerprint density at radius 1 is 1.24 bits per heavy atom. The number of carbonyl (C=O) groups excluding carboxylic acids is 1. The van der Waals surface area contributed by atoms with Gasteiger partial charge in [0, 0.05) is 36.8 Å². The zero-order valence-corrected chi connectivity index (χ0v) is 15.5. The van der Waals surface area contributed by atoms with Crippen molar-refractivity contribution < 1.29 is 9.53 Å². The van der Waals surface area contributed by atoms with Crippen LogP contribution < -0.4 is 5.32 Å². The standard InChI is InChI=1S/C20H27N3O2/c1-14-11-23(12-15(2)25-14)20(3,4)13-22-19(24)17-9-5-7-16-8-6-10-21-18(16)17/h5-10,14-15H,11-13H2,1-4H3,(H,22,24)/t14-,15-/m0/s1. The predicted octanol–water partition coefficient (Wildman–Crippen LogP) is 2.85. The zero-order chi connectivity index (χ0) is 18.0. The first-order valence-corrected chi connectivity index (χ1v) is 8.89. The van der Waals surface area contributed by atoms with Gasteiger partial charge in [-0.05, 0) is 39.8 Å². The SMILES string of the molecule is C[C@H]1CN(C(C)(C)CNC(=O)c2cccc3cccnc23)C[C@H](C)O1. The quantitative estimate of drug-likeness (QED) is 0.929. The van der Waals surface area contributed by atoms with Gasteiger partial charge in [-0.15, -0.1) is 0 Å². The lowest BCUT2D eigenvalue weighted by molar-refractivity contribution is -0.0948. The highest BCUT2D eigenvalue weighted by atomic mass is 16.5. The molecule has 3 rings (SSSR count). The van der Waals surface area contributed by atoms with Crippen molar-refractivity contribution in [3.05, 3.63) is 42.1 Å². The molecule has 2 atom stereocenters. The second kappa shape index (κ2) is 7.10. The van der Waals surface area contributed by atoms with E-state index in [2.05, 4.69) is 42.9 Å². The Kier molecular flexibility index (Phi) is 5.06. The molecule has 1 aliphatic heterocycles. The van der Waals surface area contributed by atoms with Crippen LogP contribution >= 0.6 is 0 Å².